The normalized spacial score (nSPS) is 23.5. The van der Waals surface area contributed by atoms with Gasteiger partial charge in [0.1, 0.15) is 11.2 Å². The summed E-state index contributed by atoms with van der Waals surface area (Å²) in [4.78, 5) is 15.0. The Bertz CT molecular complexity index is 1360. The van der Waals surface area contributed by atoms with E-state index in [1.807, 2.05) is 60.7 Å². The van der Waals surface area contributed by atoms with Gasteiger partial charge in [0.2, 0.25) is 5.91 Å². The van der Waals surface area contributed by atoms with Gasteiger partial charge in [0.15, 0.2) is 0 Å². The first-order valence-electron chi connectivity index (χ1n) is 14.3. The smallest absolute Gasteiger partial charge is 0.232 e. The zero-order valence-corrected chi connectivity index (χ0v) is 17.7. The van der Waals surface area contributed by atoms with Gasteiger partial charge in [0.25, 0.3) is 0 Å². The molecule has 0 aliphatic carbocycles. The highest BCUT2D eigenvalue weighted by atomic mass is 16.5. The van der Waals surface area contributed by atoms with Gasteiger partial charge in [-0.1, -0.05) is 72.7 Å². The maximum absolute atomic E-state index is 13.3. The van der Waals surface area contributed by atoms with Crippen molar-refractivity contribution in [2.24, 2.45) is 11.7 Å². The summed E-state index contributed by atoms with van der Waals surface area (Å²) in [6, 6.07) is 17.8. The molecular formula is C28H30N2O2. The summed E-state index contributed by atoms with van der Waals surface area (Å²) in [6.07, 6.45) is -0.0696. The standard InChI is InChI=1S/C28H30N2O2/c29-27(31)28(23-7-3-1-4-8-23,24-9-5-2-6-10-24)25-14-17-30(20-25)16-13-21-11-12-26-22(19-21)15-18-32-26/h1-12,19,25H,13-18,20H2,(H2,29,31)/t25-/m1/s1/i11D,12D,16D2,18D2,19D. The molecule has 1 amide bonds. The minimum Gasteiger partial charge on any atom is -0.493 e. The third-order valence-electron chi connectivity index (χ3n) is 6.45. The molecule has 4 nitrogen and oxygen atoms in total. The second-order valence-electron chi connectivity index (χ2n) is 8.26. The van der Waals surface area contributed by atoms with Crippen molar-refractivity contribution < 1.29 is 19.1 Å². The van der Waals surface area contributed by atoms with Crippen LogP contribution in [0.2, 0.25) is 0 Å². The van der Waals surface area contributed by atoms with Gasteiger partial charge in [-0.3, -0.25) is 4.79 Å². The summed E-state index contributed by atoms with van der Waals surface area (Å²) in [5.74, 6) is -0.966. The highest BCUT2D eigenvalue weighted by Crippen LogP contribution is 2.43. The molecule has 4 heteroatoms. The Morgan fingerprint density at radius 1 is 1.16 bits per heavy atom. The summed E-state index contributed by atoms with van der Waals surface area (Å²) < 4.78 is 64.2. The Balaban J connectivity index is 1.49. The molecule has 1 atom stereocenters. The van der Waals surface area contributed by atoms with Crippen LogP contribution in [-0.2, 0) is 23.1 Å². The lowest BCUT2D eigenvalue weighted by atomic mass is 9.64. The molecule has 1 fully saturated rings. The van der Waals surface area contributed by atoms with E-state index in [1.54, 1.807) is 4.90 Å². The van der Waals surface area contributed by atoms with E-state index >= 15 is 0 Å². The van der Waals surface area contributed by atoms with Gasteiger partial charge in [0, 0.05) is 22.2 Å². The quantitative estimate of drug-likeness (QED) is 0.614. The highest BCUT2D eigenvalue weighted by molar-refractivity contribution is 5.91. The Labute approximate surface area is 199 Å². The molecule has 0 spiro atoms. The van der Waals surface area contributed by atoms with Crippen LogP contribution < -0.4 is 10.5 Å². The van der Waals surface area contributed by atoms with E-state index in [-0.39, 0.29) is 60.3 Å². The van der Waals surface area contributed by atoms with E-state index in [2.05, 4.69) is 0 Å². The van der Waals surface area contributed by atoms with Crippen LogP contribution in [0.1, 0.15) is 38.3 Å². The van der Waals surface area contributed by atoms with Crippen molar-refractivity contribution in [3.63, 3.8) is 0 Å². The van der Waals surface area contributed by atoms with Crippen LogP contribution in [0.3, 0.4) is 0 Å². The van der Waals surface area contributed by atoms with E-state index in [9.17, 15) is 4.79 Å². The summed E-state index contributed by atoms with van der Waals surface area (Å²) in [6.45, 7) is -3.54. The second-order valence-corrected chi connectivity index (χ2v) is 8.26. The molecule has 2 aliphatic heterocycles. The van der Waals surface area contributed by atoms with E-state index in [0.717, 1.165) is 11.1 Å². The molecule has 5 rings (SSSR count). The van der Waals surface area contributed by atoms with Gasteiger partial charge >= 0.3 is 0 Å². The fraction of sp³-hybridized carbons (Fsp3) is 0.321. The summed E-state index contributed by atoms with van der Waals surface area (Å²) in [5.41, 5.74) is 6.69. The highest BCUT2D eigenvalue weighted by Gasteiger charge is 2.49. The van der Waals surface area contributed by atoms with Gasteiger partial charge < -0.3 is 15.4 Å². The third-order valence-corrected chi connectivity index (χ3v) is 6.45. The first kappa shape index (κ1) is 14.1. The molecule has 3 aromatic rings. The van der Waals surface area contributed by atoms with Gasteiger partial charge in [-0.05, 0) is 53.6 Å². The van der Waals surface area contributed by atoms with Gasteiger partial charge in [0.05, 0.1) is 13.4 Å². The van der Waals surface area contributed by atoms with E-state index < -0.39 is 24.4 Å². The average Bonchev–Trinajstić information content (AvgIpc) is 3.52. The zero-order chi connectivity index (χ0) is 28.2. The number of ether oxygens (including phenoxy) is 1. The number of benzene rings is 3. The van der Waals surface area contributed by atoms with Crippen LogP contribution in [0, 0.1) is 5.92 Å². The van der Waals surface area contributed by atoms with Crippen molar-refractivity contribution in [1.82, 2.24) is 4.90 Å². The average molecular weight is 434 g/mol. The molecule has 2 aliphatic rings. The Hall–Kier alpha value is -3.11. The van der Waals surface area contributed by atoms with Crippen molar-refractivity contribution in [1.29, 1.82) is 0 Å². The Morgan fingerprint density at radius 2 is 1.84 bits per heavy atom. The molecule has 32 heavy (non-hydrogen) atoms. The van der Waals surface area contributed by atoms with Gasteiger partial charge in [-0.25, -0.2) is 0 Å². The Morgan fingerprint density at radius 3 is 2.50 bits per heavy atom. The van der Waals surface area contributed by atoms with Crippen LogP contribution in [0.25, 0.3) is 0 Å². The topological polar surface area (TPSA) is 55.6 Å². The molecular weight excluding hydrogens is 396 g/mol. The fourth-order valence-corrected chi connectivity index (χ4v) is 4.93. The molecule has 164 valence electrons. The van der Waals surface area contributed by atoms with Crippen molar-refractivity contribution >= 4 is 5.91 Å². The van der Waals surface area contributed by atoms with Crippen molar-refractivity contribution in [3.05, 3.63) is 101 Å². The molecule has 1 saturated heterocycles. The summed E-state index contributed by atoms with van der Waals surface area (Å²) in [5, 5.41) is 0. The first-order valence-corrected chi connectivity index (χ1v) is 10.8. The van der Waals surface area contributed by atoms with Crippen molar-refractivity contribution in [3.8, 4) is 5.75 Å². The number of carbonyl (C=O) groups is 1. The first-order chi connectivity index (χ1) is 18.4. The largest absolute Gasteiger partial charge is 0.493 e. The molecule has 3 aromatic carbocycles. The molecule has 2 N–H and O–H groups in total. The molecule has 0 saturated carbocycles. The second kappa shape index (κ2) is 8.79. The van der Waals surface area contributed by atoms with E-state index in [4.69, 9.17) is 20.1 Å². The van der Waals surface area contributed by atoms with Gasteiger partial charge in [-0.15, -0.1) is 0 Å². The third kappa shape index (κ3) is 3.69. The Kier molecular flexibility index (Phi) is 3.88. The zero-order valence-electron chi connectivity index (χ0n) is 24.7. The minimum atomic E-state index is -2.08. The number of likely N-dealkylation sites (tertiary alicyclic amines) is 1. The summed E-state index contributed by atoms with van der Waals surface area (Å²) in [7, 11) is 0. The number of fused-ring (bicyclic) bond motifs is 1. The number of nitrogens with zero attached hydrogens (tertiary/aromatic N) is 1. The number of carbonyl (C=O) groups excluding carboxylic acids is 1. The molecule has 2 heterocycles. The van der Waals surface area contributed by atoms with Crippen molar-refractivity contribution in [2.75, 3.05) is 26.1 Å². The SMILES string of the molecule is [2H]c1c([2H])c2c(c([2H])c1CC([2H])([2H])N1CC[C@@H](C(C(N)=O)(c3ccccc3)c3ccccc3)C1)CC([2H])([2H])O2. The van der Waals surface area contributed by atoms with E-state index in [0.29, 0.717) is 13.0 Å². The number of rotatable bonds is 7. The number of nitrogens with two attached hydrogens (primary N) is 1. The van der Waals surface area contributed by atoms with Crippen molar-refractivity contribution in [2.45, 2.75) is 24.7 Å². The van der Waals surface area contributed by atoms with Crippen LogP contribution in [-0.4, -0.2) is 37.0 Å². The molecule has 0 unspecified atom stereocenters. The maximum Gasteiger partial charge on any atom is 0.232 e. The maximum atomic E-state index is 13.3. The summed E-state index contributed by atoms with van der Waals surface area (Å²) >= 11 is 0. The predicted octanol–water partition coefficient (Wildman–Crippen LogP) is 3.96. The predicted molar refractivity (Wildman–Crippen MR) is 127 cm³/mol. The fourth-order valence-electron chi connectivity index (χ4n) is 4.93. The lowest BCUT2D eigenvalue weighted by Crippen LogP contribution is -2.49. The number of hydrogen-bond acceptors (Lipinski definition) is 3. The van der Waals surface area contributed by atoms with Crippen LogP contribution >= 0.6 is 0 Å². The van der Waals surface area contributed by atoms with Crippen LogP contribution in [0.15, 0.2) is 78.8 Å². The molecule has 0 radical (unpaired) electrons. The lowest BCUT2D eigenvalue weighted by Gasteiger charge is -2.37. The number of hydrogen-bond donors (Lipinski definition) is 1. The van der Waals surface area contributed by atoms with Gasteiger partial charge in [-0.2, -0.15) is 0 Å². The number of amides is 1. The van der Waals surface area contributed by atoms with Crippen LogP contribution in [0.4, 0.5) is 0 Å². The minimum absolute atomic E-state index is 0.0424. The lowest BCUT2D eigenvalue weighted by molar-refractivity contribution is -0.123. The monoisotopic (exact) mass is 433 g/mol. The molecule has 0 aromatic heterocycles. The van der Waals surface area contributed by atoms with E-state index in [1.165, 1.54) is 0 Å². The molecule has 0 bridgehead atoms. The van der Waals surface area contributed by atoms with Crippen LogP contribution in [0.5, 0.6) is 5.75 Å². The number of primary amides is 1.